The molecular formula is C29H30F5NO5S. The fraction of sp³-hybridized carbons (Fsp3) is 0.345. The van der Waals surface area contributed by atoms with Crippen molar-refractivity contribution in [2.45, 2.75) is 36.9 Å². The summed E-state index contributed by atoms with van der Waals surface area (Å²) < 4.78 is 103. The summed E-state index contributed by atoms with van der Waals surface area (Å²) in [6, 6.07) is 12.9. The summed E-state index contributed by atoms with van der Waals surface area (Å²) in [7, 11) is -2.65. The molecule has 0 aliphatic rings. The van der Waals surface area contributed by atoms with Gasteiger partial charge < -0.3 is 9.47 Å². The maximum atomic E-state index is 14.8. The predicted molar refractivity (Wildman–Crippen MR) is 142 cm³/mol. The van der Waals surface area contributed by atoms with E-state index in [1.807, 2.05) is 6.92 Å². The molecule has 0 spiro atoms. The number of carbonyl (C=O) groups excluding carboxylic acids is 1. The zero-order valence-electron chi connectivity index (χ0n) is 22.7. The molecule has 0 bridgehead atoms. The molecule has 12 heteroatoms. The topological polar surface area (TPSA) is 72.9 Å². The Labute approximate surface area is 235 Å². The van der Waals surface area contributed by atoms with Gasteiger partial charge >= 0.3 is 12.1 Å². The van der Waals surface area contributed by atoms with E-state index in [4.69, 9.17) is 4.74 Å². The summed E-state index contributed by atoms with van der Waals surface area (Å²) >= 11 is 0. The predicted octanol–water partition coefficient (Wildman–Crippen LogP) is 6.25. The molecular weight excluding hydrogens is 569 g/mol. The number of esters is 1. The number of hydrogen-bond acceptors (Lipinski definition) is 6. The first-order chi connectivity index (χ1) is 19.2. The molecule has 1 atom stereocenters. The average molecular weight is 600 g/mol. The second kappa shape index (κ2) is 13.4. The molecule has 0 fully saturated rings. The fourth-order valence-electron chi connectivity index (χ4n) is 4.34. The first-order valence-corrected chi connectivity index (χ1v) is 14.5. The lowest BCUT2D eigenvalue weighted by molar-refractivity contribution is -0.140. The highest BCUT2D eigenvalue weighted by Crippen LogP contribution is 2.33. The Morgan fingerprint density at radius 3 is 2.32 bits per heavy atom. The van der Waals surface area contributed by atoms with E-state index < -0.39 is 39.2 Å². The second-order valence-corrected chi connectivity index (χ2v) is 11.6. The number of ether oxygens (including phenoxy) is 2. The number of rotatable bonds is 12. The lowest BCUT2D eigenvalue weighted by Crippen LogP contribution is -2.30. The van der Waals surface area contributed by atoms with E-state index in [0.29, 0.717) is 25.6 Å². The highest BCUT2D eigenvalue weighted by molar-refractivity contribution is 7.90. The van der Waals surface area contributed by atoms with Crippen molar-refractivity contribution < 1.29 is 44.6 Å². The lowest BCUT2D eigenvalue weighted by Gasteiger charge is -2.27. The smallest absolute Gasteiger partial charge is 0.419 e. The molecule has 0 aromatic heterocycles. The van der Waals surface area contributed by atoms with Crippen LogP contribution in [0, 0.1) is 11.6 Å². The van der Waals surface area contributed by atoms with E-state index in [2.05, 4.69) is 4.74 Å². The molecule has 0 aliphatic heterocycles. The maximum Gasteiger partial charge on any atom is 0.419 e. The van der Waals surface area contributed by atoms with Gasteiger partial charge in [-0.2, -0.15) is 13.2 Å². The Hall–Kier alpha value is -3.51. The van der Waals surface area contributed by atoms with Gasteiger partial charge in [-0.25, -0.2) is 22.0 Å². The standard InChI is InChI=1S/C29H30F5NO5S/c1-19(20-8-10-22(30)11-9-20)17-35(18-21-6-4-7-25(27(21)31)29(32,33)34)14-5-15-40-23-12-13-24(28(36)39-2)26(16-23)41(3,37)38/h4,6-13,16,19H,5,14-15,17-18H2,1-3H3. The van der Waals surface area contributed by atoms with Crippen LogP contribution >= 0.6 is 0 Å². The first-order valence-electron chi connectivity index (χ1n) is 12.6. The van der Waals surface area contributed by atoms with Gasteiger partial charge in [-0.3, -0.25) is 4.90 Å². The van der Waals surface area contributed by atoms with Gasteiger partial charge in [0.05, 0.1) is 29.7 Å². The lowest BCUT2D eigenvalue weighted by atomic mass is 10.00. The number of carbonyl (C=O) groups is 1. The summed E-state index contributed by atoms with van der Waals surface area (Å²) in [5.41, 5.74) is -0.798. The molecule has 0 amide bonds. The van der Waals surface area contributed by atoms with Crippen molar-refractivity contribution in [3.63, 3.8) is 0 Å². The van der Waals surface area contributed by atoms with E-state index in [1.54, 1.807) is 17.0 Å². The minimum Gasteiger partial charge on any atom is -0.494 e. The molecule has 1 unspecified atom stereocenters. The van der Waals surface area contributed by atoms with E-state index in [0.717, 1.165) is 25.0 Å². The number of alkyl halides is 3. The number of hydrogen-bond donors (Lipinski definition) is 0. The van der Waals surface area contributed by atoms with Crippen LogP contribution in [0.1, 0.15) is 46.3 Å². The van der Waals surface area contributed by atoms with Crippen LogP contribution in [0.25, 0.3) is 0 Å². The Morgan fingerprint density at radius 1 is 1.02 bits per heavy atom. The van der Waals surface area contributed by atoms with Crippen molar-refractivity contribution >= 4 is 15.8 Å². The fourth-order valence-corrected chi connectivity index (χ4v) is 5.22. The van der Waals surface area contributed by atoms with E-state index in [-0.39, 0.29) is 40.8 Å². The molecule has 41 heavy (non-hydrogen) atoms. The molecule has 0 N–H and O–H groups in total. The minimum atomic E-state index is -4.84. The molecule has 0 saturated carbocycles. The van der Waals surface area contributed by atoms with E-state index in [1.165, 1.54) is 36.4 Å². The van der Waals surface area contributed by atoms with Gasteiger partial charge in [0, 0.05) is 31.5 Å². The van der Waals surface area contributed by atoms with Crippen LogP contribution in [0.15, 0.2) is 65.6 Å². The van der Waals surface area contributed by atoms with Crippen LogP contribution in [-0.4, -0.2) is 52.3 Å². The van der Waals surface area contributed by atoms with Crippen molar-refractivity contribution in [2.24, 2.45) is 0 Å². The average Bonchev–Trinajstić information content (AvgIpc) is 2.90. The van der Waals surface area contributed by atoms with Gasteiger partial charge in [-0.1, -0.05) is 31.2 Å². The Kier molecular flexibility index (Phi) is 10.5. The zero-order valence-corrected chi connectivity index (χ0v) is 23.5. The Balaban J connectivity index is 1.76. The third-order valence-electron chi connectivity index (χ3n) is 6.39. The van der Waals surface area contributed by atoms with Crippen LogP contribution in [0.2, 0.25) is 0 Å². The monoisotopic (exact) mass is 599 g/mol. The molecule has 0 radical (unpaired) electrons. The van der Waals surface area contributed by atoms with Gasteiger partial charge in [0.25, 0.3) is 0 Å². The van der Waals surface area contributed by atoms with Gasteiger partial charge in [0.15, 0.2) is 9.84 Å². The number of sulfone groups is 1. The molecule has 3 aromatic carbocycles. The highest BCUT2D eigenvalue weighted by atomic mass is 32.2. The van der Waals surface area contributed by atoms with Gasteiger partial charge in [-0.05, 0) is 54.3 Å². The van der Waals surface area contributed by atoms with Crippen LogP contribution in [0.5, 0.6) is 5.75 Å². The van der Waals surface area contributed by atoms with Crippen molar-refractivity contribution in [2.75, 3.05) is 33.1 Å². The Morgan fingerprint density at radius 2 is 1.71 bits per heavy atom. The molecule has 3 rings (SSSR count). The number of benzene rings is 3. The SMILES string of the molecule is COC(=O)c1ccc(OCCCN(Cc2cccc(C(F)(F)F)c2F)CC(C)c2ccc(F)cc2)cc1S(C)(=O)=O. The van der Waals surface area contributed by atoms with E-state index in [9.17, 15) is 35.2 Å². The van der Waals surface area contributed by atoms with Crippen molar-refractivity contribution in [3.05, 3.63) is 94.6 Å². The van der Waals surface area contributed by atoms with Gasteiger partial charge in [0.2, 0.25) is 0 Å². The van der Waals surface area contributed by atoms with Crippen LogP contribution in [0.4, 0.5) is 22.0 Å². The molecule has 3 aromatic rings. The summed E-state index contributed by atoms with van der Waals surface area (Å²) in [4.78, 5) is 13.5. The number of halogens is 5. The summed E-state index contributed by atoms with van der Waals surface area (Å²) in [6.07, 6.45) is -3.54. The quantitative estimate of drug-likeness (QED) is 0.139. The molecule has 6 nitrogen and oxygen atoms in total. The van der Waals surface area contributed by atoms with Gasteiger partial charge in [0.1, 0.15) is 17.4 Å². The maximum absolute atomic E-state index is 14.8. The highest BCUT2D eigenvalue weighted by Gasteiger charge is 2.35. The summed E-state index contributed by atoms with van der Waals surface area (Å²) in [6.45, 7) is 2.46. The second-order valence-electron chi connectivity index (χ2n) is 9.59. The van der Waals surface area contributed by atoms with Gasteiger partial charge in [-0.15, -0.1) is 0 Å². The molecule has 0 aliphatic carbocycles. The van der Waals surface area contributed by atoms with Crippen LogP contribution in [-0.2, 0) is 27.3 Å². The molecule has 0 saturated heterocycles. The number of nitrogens with zero attached hydrogens (tertiary/aromatic N) is 1. The molecule has 0 heterocycles. The van der Waals surface area contributed by atoms with Crippen LogP contribution < -0.4 is 4.74 Å². The third kappa shape index (κ3) is 8.74. The van der Waals surface area contributed by atoms with Crippen LogP contribution in [0.3, 0.4) is 0 Å². The largest absolute Gasteiger partial charge is 0.494 e. The first kappa shape index (κ1) is 32.0. The Bertz CT molecular complexity index is 1460. The van der Waals surface area contributed by atoms with Crippen molar-refractivity contribution in [1.29, 1.82) is 0 Å². The molecule has 222 valence electrons. The summed E-state index contributed by atoms with van der Waals surface area (Å²) in [5.74, 6) is -2.53. The van der Waals surface area contributed by atoms with E-state index >= 15 is 0 Å². The number of methoxy groups -OCH3 is 1. The minimum absolute atomic E-state index is 0.0906. The summed E-state index contributed by atoms with van der Waals surface area (Å²) in [5, 5.41) is 0. The van der Waals surface area contributed by atoms with Crippen molar-refractivity contribution in [1.82, 2.24) is 4.90 Å². The normalized spacial score (nSPS) is 12.8. The zero-order chi connectivity index (χ0) is 30.4. The van der Waals surface area contributed by atoms with Crippen molar-refractivity contribution in [3.8, 4) is 5.75 Å². The third-order valence-corrected chi connectivity index (χ3v) is 7.53.